The molecule has 25 heavy (non-hydrogen) atoms. The first-order valence-corrected chi connectivity index (χ1v) is 8.00. The lowest BCUT2D eigenvalue weighted by Crippen LogP contribution is -2.06. The number of ether oxygens (including phenoxy) is 3. The van der Waals surface area contributed by atoms with E-state index in [1.807, 2.05) is 42.5 Å². The van der Waals surface area contributed by atoms with Gasteiger partial charge in [-0.2, -0.15) is 0 Å². The Morgan fingerprint density at radius 3 is 2.56 bits per heavy atom. The lowest BCUT2D eigenvalue weighted by molar-refractivity contribution is 0.354. The van der Waals surface area contributed by atoms with Crippen LogP contribution in [0.1, 0.15) is 17.0 Å². The van der Waals surface area contributed by atoms with Gasteiger partial charge in [0.25, 0.3) is 0 Å². The van der Waals surface area contributed by atoms with Crippen molar-refractivity contribution in [3.63, 3.8) is 0 Å². The second-order valence-electron chi connectivity index (χ2n) is 5.72. The number of H-pyrrole nitrogens is 1. The maximum atomic E-state index is 5.60. The quantitative estimate of drug-likeness (QED) is 0.779. The molecule has 0 unspecified atom stereocenters. The van der Waals surface area contributed by atoms with Gasteiger partial charge in [0, 0.05) is 5.92 Å². The predicted octanol–water partition coefficient (Wildman–Crippen LogP) is 4.13. The molecule has 5 heteroatoms. The number of aromatic nitrogens is 2. The maximum Gasteiger partial charge on any atom is 0.242 e. The van der Waals surface area contributed by atoms with Crippen LogP contribution in [0, 0.1) is 0 Å². The summed E-state index contributed by atoms with van der Waals surface area (Å²) in [5.41, 5.74) is 4.12. The molecule has 0 fully saturated rings. The van der Waals surface area contributed by atoms with Crippen molar-refractivity contribution >= 4 is 0 Å². The molecule has 0 bridgehead atoms. The highest BCUT2D eigenvalue weighted by Gasteiger charge is 2.27. The van der Waals surface area contributed by atoms with Crippen LogP contribution in [0.4, 0.5) is 0 Å². The zero-order chi connectivity index (χ0) is 17.2. The number of methoxy groups -OCH3 is 2. The third kappa shape index (κ3) is 2.63. The highest BCUT2D eigenvalue weighted by molar-refractivity contribution is 5.69. The first kappa shape index (κ1) is 15.3. The molecule has 5 nitrogen and oxygen atoms in total. The summed E-state index contributed by atoms with van der Waals surface area (Å²) in [5.74, 6) is 2.02. The first-order valence-electron chi connectivity index (χ1n) is 8.00. The second-order valence-corrected chi connectivity index (χ2v) is 5.72. The van der Waals surface area contributed by atoms with Gasteiger partial charge in [0.1, 0.15) is 0 Å². The van der Waals surface area contributed by atoms with E-state index in [1.165, 1.54) is 0 Å². The summed E-state index contributed by atoms with van der Waals surface area (Å²) in [5, 5.41) is 7.44. The maximum absolute atomic E-state index is 5.60. The zero-order valence-electron chi connectivity index (χ0n) is 14.0. The van der Waals surface area contributed by atoms with Gasteiger partial charge in [0.05, 0.1) is 31.7 Å². The van der Waals surface area contributed by atoms with Crippen molar-refractivity contribution in [2.75, 3.05) is 14.2 Å². The van der Waals surface area contributed by atoms with Crippen LogP contribution >= 0.6 is 0 Å². The van der Waals surface area contributed by atoms with Crippen LogP contribution in [0.25, 0.3) is 11.3 Å². The van der Waals surface area contributed by atoms with Gasteiger partial charge in [-0.25, -0.2) is 0 Å². The molecule has 2 aromatic carbocycles. The third-order valence-electron chi connectivity index (χ3n) is 4.36. The monoisotopic (exact) mass is 334 g/mol. The molecule has 1 aromatic heterocycles. The molecule has 1 aliphatic heterocycles. The van der Waals surface area contributed by atoms with Gasteiger partial charge in [-0.1, -0.05) is 36.4 Å². The molecule has 0 saturated heterocycles. The summed E-state index contributed by atoms with van der Waals surface area (Å²) in [7, 11) is 3.27. The minimum Gasteiger partial charge on any atom is -0.493 e. The number of aromatic amines is 1. The Bertz CT molecular complexity index is 916. The fourth-order valence-corrected chi connectivity index (χ4v) is 3.14. The topological polar surface area (TPSA) is 56.4 Å². The lowest BCUT2D eigenvalue weighted by atomic mass is 9.88. The molecule has 1 aliphatic rings. The Kier molecular flexibility index (Phi) is 3.90. The number of hydrogen-bond acceptors (Lipinski definition) is 4. The molecule has 0 aliphatic carbocycles. The summed E-state index contributed by atoms with van der Waals surface area (Å²) < 4.78 is 16.4. The number of fused-ring (bicyclic) bond motifs is 1. The van der Waals surface area contributed by atoms with E-state index in [1.54, 1.807) is 20.5 Å². The van der Waals surface area contributed by atoms with Crippen LogP contribution in [0.2, 0.25) is 0 Å². The molecule has 0 spiro atoms. The van der Waals surface area contributed by atoms with Gasteiger partial charge in [-0.3, -0.25) is 5.10 Å². The average Bonchev–Trinajstić information content (AvgIpc) is 3.12. The van der Waals surface area contributed by atoms with Crippen LogP contribution in [-0.2, 0) is 0 Å². The van der Waals surface area contributed by atoms with Gasteiger partial charge in [-0.05, 0) is 29.3 Å². The Hall–Kier alpha value is -3.21. The minimum atomic E-state index is 0.0116. The van der Waals surface area contributed by atoms with Crippen molar-refractivity contribution in [2.24, 2.45) is 0 Å². The van der Waals surface area contributed by atoms with Crippen molar-refractivity contribution in [3.05, 3.63) is 72.0 Å². The number of rotatable bonds is 4. The largest absolute Gasteiger partial charge is 0.493 e. The number of nitrogens with one attached hydrogen (secondary N) is 1. The summed E-state index contributed by atoms with van der Waals surface area (Å²) in [6.45, 7) is 0. The van der Waals surface area contributed by atoms with Crippen molar-refractivity contribution in [1.82, 2.24) is 10.2 Å². The summed E-state index contributed by atoms with van der Waals surface area (Å²) >= 11 is 0. The SMILES string of the molecule is COc1ccc([C@@H]2C=COc3n[nH]c(-c4ccccc4)c32)cc1OC. The average molecular weight is 334 g/mol. The van der Waals surface area contributed by atoms with Crippen LogP contribution in [0.5, 0.6) is 17.4 Å². The molecule has 0 saturated carbocycles. The van der Waals surface area contributed by atoms with E-state index in [-0.39, 0.29) is 5.92 Å². The normalized spacial score (nSPS) is 15.4. The highest BCUT2D eigenvalue weighted by Crippen LogP contribution is 2.42. The Morgan fingerprint density at radius 2 is 1.80 bits per heavy atom. The first-order chi connectivity index (χ1) is 12.3. The van der Waals surface area contributed by atoms with Crippen LogP contribution in [0.15, 0.2) is 60.9 Å². The molecule has 4 rings (SSSR count). The Labute approximate surface area is 145 Å². The second kappa shape index (κ2) is 6.36. The molecule has 126 valence electrons. The molecule has 1 N–H and O–H groups in total. The molecule has 1 atom stereocenters. The van der Waals surface area contributed by atoms with E-state index in [0.29, 0.717) is 17.4 Å². The molecule has 0 amide bonds. The summed E-state index contributed by atoms with van der Waals surface area (Å²) in [6.07, 6.45) is 3.70. The standard InChI is InChI=1S/C20H18N2O3/c1-23-16-9-8-14(12-17(16)24-2)15-10-11-25-20-18(15)19(21-22-20)13-6-4-3-5-7-13/h3-12,15H,1-2H3,(H,21,22)/t15-/m0/s1. The number of hydrogen-bond donors (Lipinski definition) is 1. The number of allylic oxidation sites excluding steroid dienone is 1. The molecule has 3 aromatic rings. The van der Waals surface area contributed by atoms with E-state index in [2.05, 4.69) is 22.3 Å². The number of benzene rings is 2. The van der Waals surface area contributed by atoms with Crippen molar-refractivity contribution in [1.29, 1.82) is 0 Å². The van der Waals surface area contributed by atoms with Crippen molar-refractivity contribution in [2.45, 2.75) is 5.92 Å². The fraction of sp³-hybridized carbons (Fsp3) is 0.150. The molecule has 2 heterocycles. The van der Waals surface area contributed by atoms with E-state index >= 15 is 0 Å². The Morgan fingerprint density at radius 1 is 1.00 bits per heavy atom. The van der Waals surface area contributed by atoms with Crippen molar-refractivity contribution < 1.29 is 14.2 Å². The zero-order valence-corrected chi connectivity index (χ0v) is 14.0. The highest BCUT2D eigenvalue weighted by atomic mass is 16.5. The summed E-state index contributed by atoms with van der Waals surface area (Å²) in [6, 6.07) is 16.1. The van der Waals surface area contributed by atoms with E-state index in [9.17, 15) is 0 Å². The number of nitrogens with zero attached hydrogens (tertiary/aromatic N) is 1. The smallest absolute Gasteiger partial charge is 0.242 e. The fourth-order valence-electron chi connectivity index (χ4n) is 3.14. The molecular weight excluding hydrogens is 316 g/mol. The van der Waals surface area contributed by atoms with Crippen molar-refractivity contribution in [3.8, 4) is 28.6 Å². The van der Waals surface area contributed by atoms with Gasteiger partial charge in [0.2, 0.25) is 5.88 Å². The Balaban J connectivity index is 1.83. The molecular formula is C20H18N2O3. The van der Waals surface area contributed by atoms with Gasteiger partial charge < -0.3 is 14.2 Å². The predicted molar refractivity (Wildman–Crippen MR) is 95.2 cm³/mol. The minimum absolute atomic E-state index is 0.0116. The van der Waals surface area contributed by atoms with Crippen LogP contribution in [-0.4, -0.2) is 24.4 Å². The molecule has 0 radical (unpaired) electrons. The third-order valence-corrected chi connectivity index (χ3v) is 4.36. The van der Waals surface area contributed by atoms with E-state index < -0.39 is 0 Å². The summed E-state index contributed by atoms with van der Waals surface area (Å²) in [4.78, 5) is 0. The van der Waals surface area contributed by atoms with Gasteiger partial charge >= 0.3 is 0 Å². The van der Waals surface area contributed by atoms with Gasteiger partial charge in [-0.15, -0.1) is 5.10 Å². The van der Waals surface area contributed by atoms with E-state index in [4.69, 9.17) is 14.2 Å². The van der Waals surface area contributed by atoms with Gasteiger partial charge in [0.15, 0.2) is 11.5 Å². The van der Waals surface area contributed by atoms with E-state index in [0.717, 1.165) is 22.4 Å². The van der Waals surface area contributed by atoms with Crippen LogP contribution in [0.3, 0.4) is 0 Å². The lowest BCUT2D eigenvalue weighted by Gasteiger charge is -2.20. The van der Waals surface area contributed by atoms with Crippen LogP contribution < -0.4 is 14.2 Å².